The van der Waals surface area contributed by atoms with Crippen LogP contribution in [0.15, 0.2) is 48.5 Å². The third kappa shape index (κ3) is 4.38. The maximum Gasteiger partial charge on any atom is 0.330 e. The maximum atomic E-state index is 12.8. The topological polar surface area (TPSA) is 97.8 Å². The minimum absolute atomic E-state index is 0.358. The quantitative estimate of drug-likeness (QED) is 0.614. The first-order chi connectivity index (χ1) is 13.9. The third-order valence-corrected chi connectivity index (χ3v) is 5.49. The number of hydrogen-bond donors (Lipinski definition) is 2. The molecule has 0 aliphatic rings. The van der Waals surface area contributed by atoms with Crippen molar-refractivity contribution >= 4 is 23.2 Å². The van der Waals surface area contributed by atoms with E-state index in [1.807, 2.05) is 6.07 Å². The number of methoxy groups -OCH3 is 2. The molecule has 3 rings (SSSR count). The Balaban J connectivity index is 1.88. The van der Waals surface area contributed by atoms with E-state index in [1.54, 1.807) is 63.6 Å². The highest BCUT2D eigenvalue weighted by molar-refractivity contribution is 7.17. The molecule has 8 heteroatoms. The number of thiazole rings is 1. The lowest BCUT2D eigenvalue weighted by Gasteiger charge is -2.14. The predicted octanol–water partition coefficient (Wildman–Crippen LogP) is 3.69. The van der Waals surface area contributed by atoms with Crippen molar-refractivity contribution in [3.63, 3.8) is 0 Å². The first-order valence-corrected chi connectivity index (χ1v) is 9.54. The van der Waals surface area contributed by atoms with E-state index < -0.39 is 17.9 Å². The van der Waals surface area contributed by atoms with Gasteiger partial charge in [0.25, 0.3) is 5.91 Å². The first-order valence-electron chi connectivity index (χ1n) is 8.73. The Hall–Kier alpha value is -3.39. The van der Waals surface area contributed by atoms with Crippen molar-refractivity contribution < 1.29 is 24.2 Å². The van der Waals surface area contributed by atoms with E-state index in [4.69, 9.17) is 9.47 Å². The molecule has 3 aromatic rings. The number of ether oxygens (including phenoxy) is 2. The number of carboxylic acids is 1. The van der Waals surface area contributed by atoms with Crippen LogP contribution in [0.4, 0.5) is 0 Å². The minimum Gasteiger partial charge on any atom is -0.493 e. The number of aryl methyl sites for hydroxylation is 1. The Kier molecular flexibility index (Phi) is 6.13. The molecule has 2 N–H and O–H groups in total. The summed E-state index contributed by atoms with van der Waals surface area (Å²) in [5, 5.41) is 12.7. The lowest BCUT2D eigenvalue weighted by molar-refractivity contribution is -0.139. The van der Waals surface area contributed by atoms with Crippen LogP contribution < -0.4 is 14.8 Å². The van der Waals surface area contributed by atoms with Gasteiger partial charge in [-0.1, -0.05) is 30.3 Å². The van der Waals surface area contributed by atoms with Crippen molar-refractivity contribution in [3.8, 4) is 22.1 Å². The molecule has 1 aromatic heterocycles. The smallest absolute Gasteiger partial charge is 0.330 e. The van der Waals surface area contributed by atoms with E-state index in [9.17, 15) is 14.7 Å². The van der Waals surface area contributed by atoms with E-state index in [0.717, 1.165) is 5.56 Å². The van der Waals surface area contributed by atoms with Crippen molar-refractivity contribution in [2.24, 2.45) is 0 Å². The fraction of sp³-hybridized carbons (Fsp3) is 0.190. The lowest BCUT2D eigenvalue weighted by Crippen LogP contribution is -2.33. The summed E-state index contributed by atoms with van der Waals surface area (Å²) in [5.74, 6) is -0.469. The largest absolute Gasteiger partial charge is 0.493 e. The summed E-state index contributed by atoms with van der Waals surface area (Å²) >= 11 is 1.19. The molecule has 2 aromatic carbocycles. The first kappa shape index (κ1) is 20.3. The zero-order valence-electron chi connectivity index (χ0n) is 16.1. The number of aromatic nitrogens is 1. The molecule has 0 bridgehead atoms. The number of carbonyl (C=O) groups excluding carboxylic acids is 1. The van der Waals surface area contributed by atoms with Gasteiger partial charge in [0.15, 0.2) is 17.5 Å². The van der Waals surface area contributed by atoms with Crippen LogP contribution in [-0.4, -0.2) is 36.2 Å². The van der Waals surface area contributed by atoms with Crippen LogP contribution in [0, 0.1) is 6.92 Å². The van der Waals surface area contributed by atoms with Gasteiger partial charge < -0.3 is 19.9 Å². The van der Waals surface area contributed by atoms with Gasteiger partial charge in [-0.05, 0) is 30.7 Å². The van der Waals surface area contributed by atoms with Crippen LogP contribution in [0.1, 0.15) is 27.0 Å². The summed E-state index contributed by atoms with van der Waals surface area (Å²) in [6, 6.07) is 12.8. The highest BCUT2D eigenvalue weighted by Gasteiger charge is 2.25. The Morgan fingerprint density at radius 1 is 1.07 bits per heavy atom. The van der Waals surface area contributed by atoms with Crippen LogP contribution in [0.25, 0.3) is 10.6 Å². The molecule has 1 amide bonds. The van der Waals surface area contributed by atoms with Gasteiger partial charge in [-0.25, -0.2) is 9.78 Å². The van der Waals surface area contributed by atoms with Gasteiger partial charge in [-0.2, -0.15) is 0 Å². The second-order valence-corrected chi connectivity index (χ2v) is 7.16. The normalized spacial score (nSPS) is 11.6. The number of benzene rings is 2. The molecule has 0 aliphatic heterocycles. The van der Waals surface area contributed by atoms with Gasteiger partial charge in [0.1, 0.15) is 9.88 Å². The van der Waals surface area contributed by atoms with E-state index in [1.165, 1.54) is 11.3 Å². The standard InChI is InChI=1S/C21H20N2O5S/c1-12-18(19(24)23-17(21(25)26)13-7-5-4-6-8-13)29-20(22-12)14-9-10-15(27-2)16(11-14)28-3/h4-11,17H,1-3H3,(H,23,24)(H,25,26). The predicted molar refractivity (Wildman–Crippen MR) is 110 cm³/mol. The molecule has 1 atom stereocenters. The van der Waals surface area contributed by atoms with Crippen LogP contribution >= 0.6 is 11.3 Å². The zero-order valence-corrected chi connectivity index (χ0v) is 16.9. The number of nitrogens with one attached hydrogen (secondary N) is 1. The fourth-order valence-corrected chi connectivity index (χ4v) is 3.80. The van der Waals surface area contributed by atoms with Gasteiger partial charge in [-0.15, -0.1) is 11.3 Å². The number of rotatable bonds is 7. The molecule has 0 spiro atoms. The van der Waals surface area contributed by atoms with Crippen LogP contribution in [0.2, 0.25) is 0 Å². The van der Waals surface area contributed by atoms with E-state index in [-0.39, 0.29) is 0 Å². The summed E-state index contributed by atoms with van der Waals surface area (Å²) < 4.78 is 10.6. The summed E-state index contributed by atoms with van der Waals surface area (Å²) in [4.78, 5) is 29.3. The summed E-state index contributed by atoms with van der Waals surface area (Å²) in [5.41, 5.74) is 1.79. The number of aliphatic carboxylic acids is 1. The average molecular weight is 412 g/mol. The number of carbonyl (C=O) groups is 2. The molecule has 0 saturated carbocycles. The molecular formula is C21H20N2O5S. The molecule has 0 fully saturated rings. The Labute approximate surface area is 171 Å². The highest BCUT2D eigenvalue weighted by atomic mass is 32.1. The molecule has 7 nitrogen and oxygen atoms in total. The second kappa shape index (κ2) is 8.74. The number of carboxylic acid groups (broad SMARTS) is 1. The molecule has 0 radical (unpaired) electrons. The van der Waals surface area contributed by atoms with E-state index in [2.05, 4.69) is 10.3 Å². The number of hydrogen-bond acceptors (Lipinski definition) is 6. The van der Waals surface area contributed by atoms with Crippen LogP contribution in [0.3, 0.4) is 0 Å². The van der Waals surface area contributed by atoms with Crippen molar-refractivity contribution in [2.45, 2.75) is 13.0 Å². The molecular weight excluding hydrogens is 392 g/mol. The van der Waals surface area contributed by atoms with Crippen LogP contribution in [0.5, 0.6) is 11.5 Å². The van der Waals surface area contributed by atoms with Gasteiger partial charge >= 0.3 is 5.97 Å². The zero-order chi connectivity index (χ0) is 21.0. The molecule has 1 unspecified atom stereocenters. The van der Waals surface area contributed by atoms with Crippen molar-refractivity contribution in [1.29, 1.82) is 0 Å². The summed E-state index contributed by atoms with van der Waals surface area (Å²) in [6.45, 7) is 1.72. The van der Waals surface area contributed by atoms with Gasteiger partial charge in [0.2, 0.25) is 0 Å². The Morgan fingerprint density at radius 2 is 1.76 bits per heavy atom. The van der Waals surface area contributed by atoms with Gasteiger partial charge in [0.05, 0.1) is 19.9 Å². The Morgan fingerprint density at radius 3 is 2.38 bits per heavy atom. The van der Waals surface area contributed by atoms with E-state index >= 15 is 0 Å². The molecule has 150 valence electrons. The molecule has 0 saturated heterocycles. The minimum atomic E-state index is -1.14. The SMILES string of the molecule is COc1ccc(-c2nc(C)c(C(=O)NC(C(=O)O)c3ccccc3)s2)cc1OC. The summed E-state index contributed by atoms with van der Waals surface area (Å²) in [7, 11) is 3.10. The monoisotopic (exact) mass is 412 g/mol. The summed E-state index contributed by atoms with van der Waals surface area (Å²) in [6.07, 6.45) is 0. The van der Waals surface area contributed by atoms with Crippen molar-refractivity contribution in [3.05, 3.63) is 64.7 Å². The average Bonchev–Trinajstić information content (AvgIpc) is 3.13. The second-order valence-electron chi connectivity index (χ2n) is 6.16. The third-order valence-electron chi connectivity index (χ3n) is 4.29. The lowest BCUT2D eigenvalue weighted by atomic mass is 10.1. The van der Waals surface area contributed by atoms with Gasteiger partial charge in [-0.3, -0.25) is 4.79 Å². The Bertz CT molecular complexity index is 1030. The number of amides is 1. The van der Waals surface area contributed by atoms with E-state index in [0.29, 0.717) is 32.6 Å². The molecule has 1 heterocycles. The van der Waals surface area contributed by atoms with Crippen molar-refractivity contribution in [1.82, 2.24) is 10.3 Å². The number of nitrogens with zero attached hydrogens (tertiary/aromatic N) is 1. The molecule has 0 aliphatic carbocycles. The van der Waals surface area contributed by atoms with Crippen LogP contribution in [-0.2, 0) is 4.79 Å². The van der Waals surface area contributed by atoms with Gasteiger partial charge in [0, 0.05) is 5.56 Å². The van der Waals surface area contributed by atoms with Crippen molar-refractivity contribution in [2.75, 3.05) is 14.2 Å². The maximum absolute atomic E-state index is 12.8. The fourth-order valence-electron chi connectivity index (χ4n) is 2.83. The molecule has 29 heavy (non-hydrogen) atoms. The highest BCUT2D eigenvalue weighted by Crippen LogP contribution is 2.35.